The normalized spacial score (nSPS) is 16.4. The van der Waals surface area contributed by atoms with Gasteiger partial charge in [0.15, 0.2) is 5.69 Å². The minimum atomic E-state index is -0.835. The van der Waals surface area contributed by atoms with Gasteiger partial charge in [0.25, 0.3) is 5.91 Å². The molecular formula is C17H20N4O4. The predicted molar refractivity (Wildman–Crippen MR) is 86.1 cm³/mol. The summed E-state index contributed by atoms with van der Waals surface area (Å²) in [6, 6.07) is 1.89. The third kappa shape index (κ3) is 3.04. The molecular weight excluding hydrogens is 324 g/mol. The van der Waals surface area contributed by atoms with Crippen LogP contribution in [0.1, 0.15) is 52.5 Å². The van der Waals surface area contributed by atoms with Crippen molar-refractivity contribution in [3.63, 3.8) is 0 Å². The first-order chi connectivity index (χ1) is 12.1. The van der Waals surface area contributed by atoms with E-state index < -0.39 is 5.97 Å². The van der Waals surface area contributed by atoms with Crippen molar-refractivity contribution in [2.75, 3.05) is 6.54 Å². The molecule has 0 aromatic carbocycles. The maximum absolute atomic E-state index is 12.9. The van der Waals surface area contributed by atoms with Crippen LogP contribution in [0.3, 0.4) is 0 Å². The molecule has 0 spiro atoms. The van der Waals surface area contributed by atoms with Gasteiger partial charge in [-0.3, -0.25) is 14.3 Å². The van der Waals surface area contributed by atoms with Gasteiger partial charge in [-0.05, 0) is 25.3 Å². The largest absolute Gasteiger partial charge is 0.481 e. The van der Waals surface area contributed by atoms with Crippen molar-refractivity contribution >= 4 is 11.9 Å². The molecule has 132 valence electrons. The zero-order chi connectivity index (χ0) is 17.4. The van der Waals surface area contributed by atoms with Crippen LogP contribution in [0.15, 0.2) is 10.6 Å². The third-order valence-corrected chi connectivity index (χ3v) is 4.88. The van der Waals surface area contributed by atoms with Crippen LogP contribution in [0.2, 0.25) is 0 Å². The van der Waals surface area contributed by atoms with Crippen LogP contribution < -0.4 is 0 Å². The Morgan fingerprint density at radius 1 is 1.24 bits per heavy atom. The topological polar surface area (TPSA) is 101 Å². The molecule has 0 saturated heterocycles. The quantitative estimate of drug-likeness (QED) is 0.900. The molecule has 8 nitrogen and oxygen atoms in total. The number of carbonyl (C=O) groups excluding carboxylic acids is 1. The lowest BCUT2D eigenvalue weighted by Crippen LogP contribution is -2.39. The molecule has 4 rings (SSSR count). The molecule has 8 heteroatoms. The maximum atomic E-state index is 12.9. The van der Waals surface area contributed by atoms with E-state index >= 15 is 0 Å². The number of carboxylic acids is 1. The Balaban J connectivity index is 1.49. The molecule has 1 N–H and O–H groups in total. The Kier molecular flexibility index (Phi) is 4.03. The van der Waals surface area contributed by atoms with Gasteiger partial charge in [0.05, 0.1) is 30.9 Å². The first-order valence-electron chi connectivity index (χ1n) is 8.66. The molecule has 2 aromatic rings. The lowest BCUT2D eigenvalue weighted by atomic mass is 9.96. The van der Waals surface area contributed by atoms with Crippen molar-refractivity contribution in [1.82, 2.24) is 19.8 Å². The van der Waals surface area contributed by atoms with E-state index in [0.29, 0.717) is 31.7 Å². The van der Waals surface area contributed by atoms with E-state index in [4.69, 9.17) is 9.63 Å². The van der Waals surface area contributed by atoms with Gasteiger partial charge in [-0.2, -0.15) is 5.10 Å². The van der Waals surface area contributed by atoms with Crippen molar-refractivity contribution in [2.45, 2.75) is 51.6 Å². The van der Waals surface area contributed by atoms with E-state index in [1.165, 1.54) is 0 Å². The van der Waals surface area contributed by atoms with Crippen LogP contribution in [-0.2, 0) is 37.1 Å². The van der Waals surface area contributed by atoms with Crippen molar-refractivity contribution in [1.29, 1.82) is 0 Å². The van der Waals surface area contributed by atoms with Gasteiger partial charge >= 0.3 is 5.97 Å². The molecule has 1 amide bonds. The summed E-state index contributed by atoms with van der Waals surface area (Å²) in [7, 11) is 0. The summed E-state index contributed by atoms with van der Waals surface area (Å²) in [6.07, 6.45) is 4.32. The fraction of sp³-hybridized carbons (Fsp3) is 0.529. The summed E-state index contributed by atoms with van der Waals surface area (Å²) in [5.74, 6) is -0.0716. The molecule has 3 heterocycles. The lowest BCUT2D eigenvalue weighted by Gasteiger charge is -2.27. The second-order valence-corrected chi connectivity index (χ2v) is 6.61. The van der Waals surface area contributed by atoms with Crippen LogP contribution in [0.25, 0.3) is 0 Å². The number of rotatable bonds is 4. The minimum Gasteiger partial charge on any atom is -0.481 e. The summed E-state index contributed by atoms with van der Waals surface area (Å²) in [5, 5.41) is 17.3. The van der Waals surface area contributed by atoms with Gasteiger partial charge in [0.2, 0.25) is 0 Å². The Bertz CT molecular complexity index is 823. The first kappa shape index (κ1) is 15.9. The Morgan fingerprint density at radius 2 is 2.08 bits per heavy atom. The number of aryl methyl sites for hydroxylation is 2. The number of hydrogen-bond acceptors (Lipinski definition) is 5. The summed E-state index contributed by atoms with van der Waals surface area (Å²) in [6.45, 7) is 1.63. The van der Waals surface area contributed by atoms with Crippen LogP contribution in [0.4, 0.5) is 0 Å². The summed E-state index contributed by atoms with van der Waals surface area (Å²) in [5.41, 5.74) is 3.11. The molecule has 0 saturated carbocycles. The zero-order valence-electron chi connectivity index (χ0n) is 13.9. The fourth-order valence-corrected chi connectivity index (χ4v) is 3.56. The second-order valence-electron chi connectivity index (χ2n) is 6.61. The van der Waals surface area contributed by atoms with Gasteiger partial charge in [0, 0.05) is 24.9 Å². The Hall–Kier alpha value is -2.64. The second kappa shape index (κ2) is 6.34. The van der Waals surface area contributed by atoms with Crippen LogP contribution >= 0.6 is 0 Å². The van der Waals surface area contributed by atoms with Crippen molar-refractivity contribution in [2.24, 2.45) is 0 Å². The number of nitrogens with zero attached hydrogens (tertiary/aromatic N) is 4. The van der Waals surface area contributed by atoms with Crippen LogP contribution in [0.5, 0.6) is 0 Å². The van der Waals surface area contributed by atoms with E-state index in [9.17, 15) is 9.59 Å². The number of amides is 1. The van der Waals surface area contributed by atoms with E-state index in [1.54, 1.807) is 4.90 Å². The van der Waals surface area contributed by atoms with E-state index in [2.05, 4.69) is 10.3 Å². The van der Waals surface area contributed by atoms with Crippen molar-refractivity contribution in [3.8, 4) is 0 Å². The molecule has 0 radical (unpaired) electrons. The average molecular weight is 344 g/mol. The SMILES string of the molecule is O=C(O)CCc1cc2n(n1)CCN(C(=O)c1noc3c1CCCC3)C2. The Morgan fingerprint density at radius 3 is 2.92 bits per heavy atom. The lowest BCUT2D eigenvalue weighted by molar-refractivity contribution is -0.136. The van der Waals surface area contributed by atoms with E-state index in [-0.39, 0.29) is 12.3 Å². The fourth-order valence-electron chi connectivity index (χ4n) is 3.56. The van der Waals surface area contributed by atoms with Gasteiger partial charge in [-0.15, -0.1) is 0 Å². The Labute approximate surface area is 144 Å². The van der Waals surface area contributed by atoms with Gasteiger partial charge in [-0.1, -0.05) is 5.16 Å². The predicted octanol–water partition coefficient (Wildman–Crippen LogP) is 1.42. The molecule has 1 aliphatic heterocycles. The zero-order valence-corrected chi connectivity index (χ0v) is 13.9. The van der Waals surface area contributed by atoms with Crippen molar-refractivity contribution < 1.29 is 19.2 Å². The van der Waals surface area contributed by atoms with Crippen molar-refractivity contribution in [3.05, 3.63) is 34.5 Å². The number of carboxylic acid groups (broad SMARTS) is 1. The molecule has 2 aliphatic rings. The number of aromatic nitrogens is 3. The number of aliphatic carboxylic acids is 1. The highest BCUT2D eigenvalue weighted by Crippen LogP contribution is 2.26. The van der Waals surface area contributed by atoms with Gasteiger partial charge in [0.1, 0.15) is 5.76 Å². The molecule has 0 fully saturated rings. The maximum Gasteiger partial charge on any atom is 0.303 e. The van der Waals surface area contributed by atoms with Gasteiger partial charge < -0.3 is 14.5 Å². The molecule has 0 unspecified atom stereocenters. The van der Waals surface area contributed by atoms with E-state index in [1.807, 2.05) is 10.7 Å². The number of fused-ring (bicyclic) bond motifs is 2. The standard InChI is InChI=1S/C17H20N4O4/c22-15(23)6-5-11-9-12-10-20(7-8-21(12)18-11)17(24)16-13-3-1-2-4-14(13)25-19-16/h9H,1-8,10H2,(H,22,23). The summed E-state index contributed by atoms with van der Waals surface area (Å²) in [4.78, 5) is 25.3. The summed E-state index contributed by atoms with van der Waals surface area (Å²) >= 11 is 0. The van der Waals surface area contributed by atoms with Crippen LogP contribution in [0, 0.1) is 0 Å². The average Bonchev–Trinajstić information content (AvgIpc) is 3.22. The molecule has 25 heavy (non-hydrogen) atoms. The number of carbonyl (C=O) groups is 2. The molecule has 0 atom stereocenters. The minimum absolute atomic E-state index is 0.0597. The monoisotopic (exact) mass is 344 g/mol. The first-order valence-corrected chi connectivity index (χ1v) is 8.66. The highest BCUT2D eigenvalue weighted by atomic mass is 16.5. The smallest absolute Gasteiger partial charge is 0.303 e. The van der Waals surface area contributed by atoms with E-state index in [0.717, 1.165) is 48.4 Å². The molecule has 0 bridgehead atoms. The van der Waals surface area contributed by atoms with Gasteiger partial charge in [-0.25, -0.2) is 0 Å². The molecule has 1 aliphatic carbocycles. The number of hydrogen-bond donors (Lipinski definition) is 1. The highest BCUT2D eigenvalue weighted by Gasteiger charge is 2.29. The molecule has 2 aromatic heterocycles. The van der Waals surface area contributed by atoms with Crippen LogP contribution in [-0.4, -0.2) is 43.4 Å². The third-order valence-electron chi connectivity index (χ3n) is 4.88. The highest BCUT2D eigenvalue weighted by molar-refractivity contribution is 5.94. The summed E-state index contributed by atoms with van der Waals surface area (Å²) < 4.78 is 7.22.